The molecule has 3 aromatic carbocycles. The fourth-order valence-corrected chi connectivity index (χ4v) is 5.96. The Morgan fingerprint density at radius 2 is 1.71 bits per heavy atom. The lowest BCUT2D eigenvalue weighted by Crippen LogP contribution is -2.45. The van der Waals surface area contributed by atoms with Crippen LogP contribution in [0.1, 0.15) is 37.3 Å². The molecule has 3 heterocycles. The van der Waals surface area contributed by atoms with Crippen molar-refractivity contribution in [3.63, 3.8) is 0 Å². The van der Waals surface area contributed by atoms with E-state index < -0.39 is 23.7 Å². The molecule has 2 saturated heterocycles. The van der Waals surface area contributed by atoms with Crippen molar-refractivity contribution in [3.05, 3.63) is 84.3 Å². The summed E-state index contributed by atoms with van der Waals surface area (Å²) in [7, 11) is 1.55. The molecule has 0 saturated carbocycles. The number of ether oxygens (including phenoxy) is 3. The highest BCUT2D eigenvalue weighted by atomic mass is 19.1. The molecule has 0 aliphatic carbocycles. The van der Waals surface area contributed by atoms with E-state index in [0.29, 0.717) is 59.3 Å². The molecule has 250 valence electrons. The molecule has 0 unspecified atom stereocenters. The van der Waals surface area contributed by atoms with E-state index in [4.69, 9.17) is 14.2 Å². The van der Waals surface area contributed by atoms with E-state index in [0.717, 1.165) is 44.8 Å². The number of carbonyl (C=O) groups excluding carboxylic acids is 3. The van der Waals surface area contributed by atoms with Gasteiger partial charge < -0.3 is 35.1 Å². The van der Waals surface area contributed by atoms with E-state index in [2.05, 4.69) is 20.9 Å². The minimum absolute atomic E-state index is 0.0407. The molecule has 48 heavy (non-hydrogen) atoms. The smallest absolute Gasteiger partial charge is 0.313 e. The van der Waals surface area contributed by atoms with Gasteiger partial charge in [-0.2, -0.15) is 0 Å². The van der Waals surface area contributed by atoms with Gasteiger partial charge in [-0.3, -0.25) is 19.4 Å². The highest BCUT2D eigenvalue weighted by Gasteiger charge is 2.31. The molecule has 2 aliphatic rings. The number of methoxy groups -OCH3 is 1. The normalized spacial score (nSPS) is 15.5. The Morgan fingerprint density at radius 3 is 2.44 bits per heavy atom. The Morgan fingerprint density at radius 1 is 0.938 bits per heavy atom. The third-order valence-electron chi connectivity index (χ3n) is 8.61. The molecule has 1 aromatic heterocycles. The van der Waals surface area contributed by atoms with Crippen molar-refractivity contribution < 1.29 is 33.0 Å². The molecule has 2 fully saturated rings. The predicted molar refractivity (Wildman–Crippen MR) is 178 cm³/mol. The van der Waals surface area contributed by atoms with Gasteiger partial charge in [0.2, 0.25) is 5.91 Å². The number of hydrogen-bond donors (Lipinski definition) is 3. The molecular formula is C36H38FN5O6. The number of fused-ring (bicyclic) bond motifs is 1. The lowest BCUT2D eigenvalue weighted by atomic mass is 9.99. The standard InChI is InChI=1S/C36H38FN5O6/c1-46-31-20-26-28(21-32(31)47-22-23-11-14-38-15-12-23)39-16-13-29(26)48-30-10-9-25(19-27(30)37)40-34(43)35(44)41-33(24-7-3-2-4-8-24)36(45)42-17-5-6-18-42/h2-4,7-10,13,16,19-21,23,33,38H,5-6,11-12,14-15,17-18,22H2,1H3,(H,40,43)(H,41,44)/t33-/m0/s1. The van der Waals surface area contributed by atoms with Crippen molar-refractivity contribution in [2.75, 3.05) is 45.2 Å². The Balaban J connectivity index is 1.13. The van der Waals surface area contributed by atoms with Crippen LogP contribution in [-0.4, -0.2) is 67.5 Å². The summed E-state index contributed by atoms with van der Waals surface area (Å²) >= 11 is 0. The molecule has 1 atom stereocenters. The molecule has 3 amide bonds. The third kappa shape index (κ3) is 7.66. The van der Waals surface area contributed by atoms with Gasteiger partial charge in [-0.15, -0.1) is 0 Å². The van der Waals surface area contributed by atoms with Crippen LogP contribution in [0.2, 0.25) is 0 Å². The number of nitrogens with zero attached hydrogens (tertiary/aromatic N) is 2. The SMILES string of the molecule is COc1cc2c(Oc3ccc(NC(=O)C(=O)N[C@H](C(=O)N4CCCC4)c4ccccc4)cc3F)ccnc2cc1OCC1CCNCC1. The molecule has 0 radical (unpaired) electrons. The number of nitrogens with one attached hydrogen (secondary N) is 3. The molecule has 6 rings (SSSR count). The lowest BCUT2D eigenvalue weighted by Gasteiger charge is -2.24. The van der Waals surface area contributed by atoms with Crippen LogP contribution in [-0.2, 0) is 14.4 Å². The topological polar surface area (TPSA) is 131 Å². The first-order valence-electron chi connectivity index (χ1n) is 16.1. The summed E-state index contributed by atoms with van der Waals surface area (Å²) < 4.78 is 33.0. The van der Waals surface area contributed by atoms with Crippen LogP contribution >= 0.6 is 0 Å². The lowest BCUT2D eigenvalue weighted by molar-refractivity contribution is -0.140. The van der Waals surface area contributed by atoms with Crippen LogP contribution in [0, 0.1) is 11.7 Å². The number of rotatable bonds is 10. The molecule has 4 aromatic rings. The Kier molecular flexibility index (Phi) is 10.3. The van der Waals surface area contributed by atoms with Gasteiger partial charge in [-0.25, -0.2) is 4.39 Å². The zero-order valence-corrected chi connectivity index (χ0v) is 26.7. The van der Waals surface area contributed by atoms with Gasteiger partial charge in [-0.1, -0.05) is 30.3 Å². The van der Waals surface area contributed by atoms with Crippen LogP contribution in [0.5, 0.6) is 23.0 Å². The van der Waals surface area contributed by atoms with E-state index in [1.165, 1.54) is 12.1 Å². The minimum atomic E-state index is -1.04. The van der Waals surface area contributed by atoms with Gasteiger partial charge in [0.1, 0.15) is 11.8 Å². The molecule has 2 aliphatic heterocycles. The van der Waals surface area contributed by atoms with E-state index in [1.54, 1.807) is 66.7 Å². The van der Waals surface area contributed by atoms with Crippen molar-refractivity contribution in [2.45, 2.75) is 31.7 Å². The number of benzene rings is 3. The van der Waals surface area contributed by atoms with Crippen LogP contribution in [0.4, 0.5) is 10.1 Å². The molecule has 0 bridgehead atoms. The fraction of sp³-hybridized carbons (Fsp3) is 0.333. The summed E-state index contributed by atoms with van der Waals surface area (Å²) in [4.78, 5) is 45.1. The number of hydrogen-bond acceptors (Lipinski definition) is 8. The highest BCUT2D eigenvalue weighted by molar-refractivity contribution is 6.40. The summed E-state index contributed by atoms with van der Waals surface area (Å²) in [5.41, 5.74) is 1.19. The Labute approximate surface area is 277 Å². The first-order valence-corrected chi connectivity index (χ1v) is 16.1. The van der Waals surface area contributed by atoms with Gasteiger partial charge >= 0.3 is 11.8 Å². The fourth-order valence-electron chi connectivity index (χ4n) is 5.96. The number of carbonyl (C=O) groups is 3. The van der Waals surface area contributed by atoms with Crippen molar-refractivity contribution in [1.82, 2.24) is 20.5 Å². The van der Waals surface area contributed by atoms with E-state index in [-0.39, 0.29) is 17.3 Å². The summed E-state index contributed by atoms with van der Waals surface area (Å²) in [6.07, 6.45) is 5.41. The third-order valence-corrected chi connectivity index (χ3v) is 8.61. The van der Waals surface area contributed by atoms with Crippen LogP contribution in [0.15, 0.2) is 72.9 Å². The Bertz CT molecular complexity index is 1780. The summed E-state index contributed by atoms with van der Waals surface area (Å²) in [5.74, 6) is -1.34. The van der Waals surface area contributed by atoms with E-state index >= 15 is 4.39 Å². The second-order valence-electron chi connectivity index (χ2n) is 11.9. The second kappa shape index (κ2) is 15.1. The molecule has 0 spiro atoms. The van der Waals surface area contributed by atoms with Crippen molar-refractivity contribution in [3.8, 4) is 23.0 Å². The van der Waals surface area contributed by atoms with Gasteiger partial charge in [0, 0.05) is 42.5 Å². The van der Waals surface area contributed by atoms with Crippen LogP contribution < -0.4 is 30.2 Å². The number of likely N-dealkylation sites (tertiary alicyclic amines) is 1. The number of amides is 3. The van der Waals surface area contributed by atoms with Gasteiger partial charge in [0.25, 0.3) is 0 Å². The van der Waals surface area contributed by atoms with Crippen LogP contribution in [0.3, 0.4) is 0 Å². The number of anilines is 1. The second-order valence-corrected chi connectivity index (χ2v) is 11.9. The maximum Gasteiger partial charge on any atom is 0.313 e. The predicted octanol–water partition coefficient (Wildman–Crippen LogP) is 4.97. The van der Waals surface area contributed by atoms with Gasteiger partial charge in [0.15, 0.2) is 23.1 Å². The number of piperidine rings is 1. The first-order chi connectivity index (χ1) is 23.4. The molecular weight excluding hydrogens is 617 g/mol. The minimum Gasteiger partial charge on any atom is -0.493 e. The van der Waals surface area contributed by atoms with Crippen molar-refractivity contribution >= 4 is 34.3 Å². The molecule has 11 nitrogen and oxygen atoms in total. The first kappa shape index (κ1) is 32.7. The number of aromatic nitrogens is 1. The van der Waals surface area contributed by atoms with Crippen LogP contribution in [0.25, 0.3) is 10.9 Å². The summed E-state index contributed by atoms with van der Waals surface area (Å²) in [5, 5.41) is 8.91. The number of halogens is 1. The van der Waals surface area contributed by atoms with E-state index in [9.17, 15) is 14.4 Å². The maximum atomic E-state index is 15.3. The van der Waals surface area contributed by atoms with Gasteiger partial charge in [0.05, 0.1) is 19.2 Å². The monoisotopic (exact) mass is 655 g/mol. The quantitative estimate of drug-likeness (QED) is 0.204. The van der Waals surface area contributed by atoms with Crippen molar-refractivity contribution in [1.29, 1.82) is 0 Å². The summed E-state index contributed by atoms with van der Waals surface area (Å²) in [6.45, 7) is 3.70. The zero-order valence-electron chi connectivity index (χ0n) is 26.7. The average molecular weight is 656 g/mol. The Hall–Kier alpha value is -5.23. The summed E-state index contributed by atoms with van der Waals surface area (Å²) in [6, 6.07) is 16.7. The average Bonchev–Trinajstić information content (AvgIpc) is 3.66. The van der Waals surface area contributed by atoms with E-state index in [1.807, 2.05) is 0 Å². The highest BCUT2D eigenvalue weighted by Crippen LogP contribution is 2.38. The van der Waals surface area contributed by atoms with Gasteiger partial charge in [-0.05, 0) is 74.5 Å². The molecule has 12 heteroatoms. The maximum absolute atomic E-state index is 15.3. The van der Waals surface area contributed by atoms with Crippen molar-refractivity contribution in [2.24, 2.45) is 5.92 Å². The zero-order chi connectivity index (χ0) is 33.5. The molecule has 3 N–H and O–H groups in total. The largest absolute Gasteiger partial charge is 0.493 e. The number of pyridine rings is 1.